The first-order valence-corrected chi connectivity index (χ1v) is 4.43. The van der Waals surface area contributed by atoms with Crippen LogP contribution in [0.4, 0.5) is 0 Å². The average Bonchev–Trinajstić information content (AvgIpc) is 2.21. The van der Waals surface area contributed by atoms with Crippen LogP contribution in [0.25, 0.3) is 0 Å². The lowest BCUT2D eigenvalue weighted by atomic mass is 10.3. The topological polar surface area (TPSA) is 44.8 Å². The molecule has 15 heavy (non-hydrogen) atoms. The summed E-state index contributed by atoms with van der Waals surface area (Å²) < 4.78 is 14.9. The number of hydrogen-bond acceptors (Lipinski definition) is 4. The molecule has 0 aromatic heterocycles. The molecule has 4 heteroatoms. The van der Waals surface area contributed by atoms with E-state index >= 15 is 0 Å². The zero-order valence-electron chi connectivity index (χ0n) is 8.90. The summed E-state index contributed by atoms with van der Waals surface area (Å²) in [6.07, 6.45) is 2.18. The van der Waals surface area contributed by atoms with Crippen molar-refractivity contribution in [3.05, 3.63) is 37.8 Å². The van der Waals surface area contributed by atoms with Crippen LogP contribution in [0.2, 0.25) is 0 Å². The van der Waals surface area contributed by atoms with Crippen molar-refractivity contribution in [2.45, 2.75) is 13.0 Å². The van der Waals surface area contributed by atoms with Gasteiger partial charge in [0.2, 0.25) is 0 Å². The molecule has 0 radical (unpaired) electrons. The molecule has 0 spiro atoms. The van der Waals surface area contributed by atoms with Gasteiger partial charge in [0, 0.05) is 5.57 Å². The molecule has 1 atom stereocenters. The van der Waals surface area contributed by atoms with Crippen LogP contribution in [0.15, 0.2) is 37.8 Å². The number of carbonyl (C=O) groups excluding carboxylic acids is 1. The SMILES string of the molecule is C=COCC(COC(=O)C(=C)C)OC=C. The number of ether oxygens (including phenoxy) is 3. The van der Waals surface area contributed by atoms with Gasteiger partial charge >= 0.3 is 5.97 Å². The predicted molar refractivity (Wildman–Crippen MR) is 57.0 cm³/mol. The van der Waals surface area contributed by atoms with Crippen LogP contribution in [0.1, 0.15) is 6.92 Å². The molecule has 0 amide bonds. The molecular weight excluding hydrogens is 196 g/mol. The standard InChI is InChI=1S/C11H16O4/c1-5-13-7-10(14-6-2)8-15-11(12)9(3)4/h5-6,10H,1-3,7-8H2,4H3. The molecule has 0 aliphatic rings. The quantitative estimate of drug-likeness (QED) is 0.349. The minimum absolute atomic E-state index is 0.0888. The smallest absolute Gasteiger partial charge is 0.333 e. The van der Waals surface area contributed by atoms with Crippen molar-refractivity contribution in [3.63, 3.8) is 0 Å². The Morgan fingerprint density at radius 3 is 2.47 bits per heavy atom. The third-order valence-corrected chi connectivity index (χ3v) is 1.44. The second-order valence-electron chi connectivity index (χ2n) is 2.80. The van der Waals surface area contributed by atoms with Gasteiger partial charge < -0.3 is 14.2 Å². The zero-order chi connectivity index (χ0) is 11.7. The molecule has 0 saturated carbocycles. The van der Waals surface area contributed by atoms with Gasteiger partial charge in [-0.25, -0.2) is 4.79 Å². The van der Waals surface area contributed by atoms with E-state index < -0.39 is 5.97 Å². The Kier molecular flexibility index (Phi) is 6.80. The highest BCUT2D eigenvalue weighted by molar-refractivity contribution is 5.86. The molecule has 0 heterocycles. The Hall–Kier alpha value is -1.71. The van der Waals surface area contributed by atoms with E-state index in [0.29, 0.717) is 5.57 Å². The molecule has 0 N–H and O–H groups in total. The van der Waals surface area contributed by atoms with Crippen LogP contribution in [0.3, 0.4) is 0 Å². The fraction of sp³-hybridized carbons (Fsp3) is 0.364. The monoisotopic (exact) mass is 212 g/mol. The Labute approximate surface area is 89.8 Å². The van der Waals surface area contributed by atoms with Gasteiger partial charge in [0.1, 0.15) is 13.2 Å². The summed E-state index contributed by atoms with van der Waals surface area (Å²) >= 11 is 0. The molecule has 4 nitrogen and oxygen atoms in total. The van der Waals surface area contributed by atoms with E-state index in [9.17, 15) is 4.79 Å². The van der Waals surface area contributed by atoms with E-state index in [4.69, 9.17) is 14.2 Å². The van der Waals surface area contributed by atoms with Gasteiger partial charge in [-0.15, -0.1) is 0 Å². The maximum atomic E-state index is 11.1. The molecule has 0 saturated heterocycles. The Balaban J connectivity index is 3.93. The Morgan fingerprint density at radius 2 is 2.00 bits per heavy atom. The van der Waals surface area contributed by atoms with E-state index in [-0.39, 0.29) is 19.3 Å². The molecular formula is C11H16O4. The van der Waals surface area contributed by atoms with Crippen molar-refractivity contribution in [1.29, 1.82) is 0 Å². The number of carbonyl (C=O) groups is 1. The summed E-state index contributed by atoms with van der Waals surface area (Å²) in [4.78, 5) is 11.1. The van der Waals surface area contributed by atoms with Crippen molar-refractivity contribution >= 4 is 5.97 Å². The maximum Gasteiger partial charge on any atom is 0.333 e. The lowest BCUT2D eigenvalue weighted by Crippen LogP contribution is -2.25. The number of esters is 1. The van der Waals surface area contributed by atoms with Crippen LogP contribution >= 0.6 is 0 Å². The highest BCUT2D eigenvalue weighted by Crippen LogP contribution is 1.99. The summed E-state index contributed by atoms with van der Waals surface area (Å²) in [7, 11) is 0. The van der Waals surface area contributed by atoms with Crippen molar-refractivity contribution in [3.8, 4) is 0 Å². The van der Waals surface area contributed by atoms with Gasteiger partial charge in [-0.3, -0.25) is 0 Å². The molecule has 0 rings (SSSR count). The first-order chi connectivity index (χ1) is 7.11. The summed E-state index contributed by atoms with van der Waals surface area (Å²) in [6.45, 7) is 12.2. The largest absolute Gasteiger partial charge is 0.498 e. The second kappa shape index (κ2) is 7.67. The van der Waals surface area contributed by atoms with E-state index in [1.165, 1.54) is 12.5 Å². The molecule has 0 aliphatic heterocycles. The summed E-state index contributed by atoms with van der Waals surface area (Å²) in [5.74, 6) is -0.453. The van der Waals surface area contributed by atoms with Crippen molar-refractivity contribution < 1.29 is 19.0 Å². The van der Waals surface area contributed by atoms with Crippen LogP contribution in [-0.2, 0) is 19.0 Å². The average molecular weight is 212 g/mol. The minimum Gasteiger partial charge on any atom is -0.498 e. The van der Waals surface area contributed by atoms with Gasteiger partial charge in [-0.1, -0.05) is 19.7 Å². The molecule has 1 unspecified atom stereocenters. The first kappa shape index (κ1) is 13.3. The summed E-state index contributed by atoms with van der Waals surface area (Å²) in [5, 5.41) is 0. The fourth-order valence-electron chi connectivity index (χ4n) is 0.730. The maximum absolute atomic E-state index is 11.1. The van der Waals surface area contributed by atoms with Gasteiger partial charge in [-0.2, -0.15) is 0 Å². The number of rotatable bonds is 8. The zero-order valence-corrected chi connectivity index (χ0v) is 8.90. The second-order valence-corrected chi connectivity index (χ2v) is 2.80. The third kappa shape index (κ3) is 6.37. The molecule has 0 bridgehead atoms. The molecule has 0 aliphatic carbocycles. The van der Waals surface area contributed by atoms with Crippen LogP contribution in [-0.4, -0.2) is 25.3 Å². The highest BCUT2D eigenvalue weighted by Gasteiger charge is 2.12. The molecule has 0 aromatic rings. The van der Waals surface area contributed by atoms with Crippen LogP contribution in [0, 0.1) is 0 Å². The van der Waals surface area contributed by atoms with E-state index in [1.54, 1.807) is 6.92 Å². The van der Waals surface area contributed by atoms with E-state index in [0.717, 1.165) is 0 Å². The molecule has 0 fully saturated rings. The van der Waals surface area contributed by atoms with Crippen molar-refractivity contribution in [2.75, 3.05) is 13.2 Å². The Bertz CT molecular complexity index is 245. The van der Waals surface area contributed by atoms with Gasteiger partial charge in [0.15, 0.2) is 6.10 Å². The van der Waals surface area contributed by atoms with E-state index in [2.05, 4.69) is 19.7 Å². The van der Waals surface area contributed by atoms with Crippen LogP contribution < -0.4 is 0 Å². The minimum atomic E-state index is -0.453. The first-order valence-electron chi connectivity index (χ1n) is 4.43. The number of hydrogen-bond donors (Lipinski definition) is 0. The van der Waals surface area contributed by atoms with Gasteiger partial charge in [0.25, 0.3) is 0 Å². The third-order valence-electron chi connectivity index (χ3n) is 1.44. The van der Waals surface area contributed by atoms with Gasteiger partial charge in [0.05, 0.1) is 12.5 Å². The Morgan fingerprint density at radius 1 is 1.33 bits per heavy atom. The van der Waals surface area contributed by atoms with Gasteiger partial charge in [-0.05, 0) is 6.92 Å². The van der Waals surface area contributed by atoms with E-state index in [1.807, 2.05) is 0 Å². The summed E-state index contributed by atoms with van der Waals surface area (Å²) in [5.41, 5.74) is 0.344. The fourth-order valence-corrected chi connectivity index (χ4v) is 0.730. The lowest BCUT2D eigenvalue weighted by molar-refractivity contribution is -0.142. The molecule has 84 valence electrons. The van der Waals surface area contributed by atoms with Crippen molar-refractivity contribution in [2.24, 2.45) is 0 Å². The predicted octanol–water partition coefficient (Wildman–Crippen LogP) is 1.79. The molecule has 0 aromatic carbocycles. The van der Waals surface area contributed by atoms with Crippen molar-refractivity contribution in [1.82, 2.24) is 0 Å². The summed E-state index contributed by atoms with van der Waals surface area (Å²) in [6, 6.07) is 0. The van der Waals surface area contributed by atoms with Crippen LogP contribution in [0.5, 0.6) is 0 Å². The normalized spacial score (nSPS) is 11.0. The highest BCUT2D eigenvalue weighted by atomic mass is 16.6. The lowest BCUT2D eigenvalue weighted by Gasteiger charge is -2.15.